The molecule has 0 saturated carbocycles. The van der Waals surface area contributed by atoms with Gasteiger partial charge in [0.15, 0.2) is 0 Å². The molecule has 0 radical (unpaired) electrons. The van der Waals surface area contributed by atoms with Crippen LogP contribution in [0.5, 0.6) is 0 Å². The number of halogens is 2. The summed E-state index contributed by atoms with van der Waals surface area (Å²) >= 11 is 0. The fourth-order valence-corrected chi connectivity index (χ4v) is 1.68. The van der Waals surface area contributed by atoms with Crippen molar-refractivity contribution in [2.24, 2.45) is 0 Å². The van der Waals surface area contributed by atoms with Gasteiger partial charge in [-0.1, -0.05) is 26.0 Å². The normalized spacial score (nSPS) is 9.65. The first-order valence-electron chi connectivity index (χ1n) is 5.94. The highest BCUT2D eigenvalue weighted by Gasteiger charge is 2.02. The number of hydrogen-bond donors (Lipinski definition) is 0. The van der Waals surface area contributed by atoms with Crippen LogP contribution < -0.4 is 0 Å². The van der Waals surface area contributed by atoms with Gasteiger partial charge in [0.2, 0.25) is 0 Å². The summed E-state index contributed by atoms with van der Waals surface area (Å²) in [5.41, 5.74) is 0. The van der Waals surface area contributed by atoms with Gasteiger partial charge in [-0.15, -0.1) is 38.0 Å². The molecule has 0 aromatic carbocycles. The molecule has 0 atom stereocenters. The summed E-state index contributed by atoms with van der Waals surface area (Å²) in [6.45, 7) is 18.5. The topological polar surface area (TPSA) is 6.48 Å². The lowest BCUT2D eigenvalue weighted by Crippen LogP contribution is -2.30. The fourth-order valence-electron chi connectivity index (χ4n) is 1.68. The van der Waals surface area contributed by atoms with Crippen LogP contribution in [-0.2, 0) is 0 Å². The minimum absolute atomic E-state index is 0. The van der Waals surface area contributed by atoms with Crippen LogP contribution in [0.1, 0.15) is 20.3 Å². The zero-order valence-corrected chi connectivity index (χ0v) is 12.9. The molecule has 104 valence electrons. The highest BCUT2D eigenvalue weighted by atomic mass is 35.5. The lowest BCUT2D eigenvalue weighted by Gasteiger charge is -2.22. The summed E-state index contributed by atoms with van der Waals surface area (Å²) in [6, 6.07) is 0. The van der Waals surface area contributed by atoms with Gasteiger partial charge in [-0.25, -0.2) is 0 Å². The van der Waals surface area contributed by atoms with Gasteiger partial charge in [0.05, 0.1) is 0 Å². The van der Waals surface area contributed by atoms with Crippen LogP contribution in [0.15, 0.2) is 25.3 Å². The van der Waals surface area contributed by atoms with Gasteiger partial charge in [0, 0.05) is 19.6 Å². The number of nitrogens with zero attached hydrogens (tertiary/aromatic N) is 2. The van der Waals surface area contributed by atoms with E-state index in [1.165, 1.54) is 13.0 Å². The van der Waals surface area contributed by atoms with E-state index in [9.17, 15) is 0 Å². The molecule has 0 N–H and O–H groups in total. The smallest absolute Gasteiger partial charge is 0.0163 e. The van der Waals surface area contributed by atoms with Gasteiger partial charge in [-0.05, 0) is 26.1 Å². The summed E-state index contributed by atoms with van der Waals surface area (Å²) in [7, 11) is 0. The van der Waals surface area contributed by atoms with Crippen molar-refractivity contribution in [3.63, 3.8) is 0 Å². The van der Waals surface area contributed by atoms with Gasteiger partial charge in [-0.2, -0.15) is 0 Å². The molecule has 17 heavy (non-hydrogen) atoms. The fraction of sp³-hybridized carbons (Fsp3) is 0.692. The van der Waals surface area contributed by atoms with Crippen molar-refractivity contribution in [3.8, 4) is 0 Å². The highest BCUT2D eigenvalue weighted by Crippen LogP contribution is 1.96. The molecule has 0 spiro atoms. The van der Waals surface area contributed by atoms with Crippen molar-refractivity contribution in [3.05, 3.63) is 25.3 Å². The van der Waals surface area contributed by atoms with E-state index in [2.05, 4.69) is 36.8 Å². The van der Waals surface area contributed by atoms with Crippen LogP contribution >= 0.6 is 24.8 Å². The molecule has 0 aliphatic heterocycles. The second-order valence-corrected chi connectivity index (χ2v) is 3.72. The minimum Gasteiger partial charge on any atom is -0.304 e. The van der Waals surface area contributed by atoms with E-state index in [1.807, 2.05) is 12.2 Å². The van der Waals surface area contributed by atoms with Gasteiger partial charge < -0.3 is 4.90 Å². The first kappa shape index (κ1) is 22.2. The SMILES string of the molecule is C=CCN(CC=C)CCCN(CC)CC.Cl.Cl. The molecule has 0 aliphatic carbocycles. The number of rotatable bonds is 10. The molecule has 0 aromatic heterocycles. The van der Waals surface area contributed by atoms with Crippen molar-refractivity contribution in [2.45, 2.75) is 20.3 Å². The van der Waals surface area contributed by atoms with E-state index >= 15 is 0 Å². The van der Waals surface area contributed by atoms with E-state index in [0.29, 0.717) is 0 Å². The highest BCUT2D eigenvalue weighted by molar-refractivity contribution is 5.85. The third-order valence-electron chi connectivity index (χ3n) is 2.62. The minimum atomic E-state index is 0. The maximum Gasteiger partial charge on any atom is 0.0163 e. The van der Waals surface area contributed by atoms with Crippen molar-refractivity contribution in [2.75, 3.05) is 39.3 Å². The Balaban J connectivity index is -0.000000980. The Morgan fingerprint density at radius 3 is 1.59 bits per heavy atom. The monoisotopic (exact) mass is 282 g/mol. The Hall–Kier alpha value is -0.0200. The maximum atomic E-state index is 3.77. The first-order valence-corrected chi connectivity index (χ1v) is 5.94. The predicted octanol–water partition coefficient (Wildman–Crippen LogP) is 3.24. The molecule has 0 amide bonds. The molecule has 0 fully saturated rings. The summed E-state index contributed by atoms with van der Waals surface area (Å²) in [5.74, 6) is 0. The second kappa shape index (κ2) is 16.0. The lowest BCUT2D eigenvalue weighted by molar-refractivity contribution is 0.262. The van der Waals surface area contributed by atoms with Crippen LogP contribution in [0.3, 0.4) is 0 Å². The van der Waals surface area contributed by atoms with Crippen molar-refractivity contribution in [1.82, 2.24) is 9.80 Å². The summed E-state index contributed by atoms with van der Waals surface area (Å²) in [4.78, 5) is 4.82. The standard InChI is InChI=1S/C13H26N2.2ClH/c1-5-10-15(11-6-2)13-9-12-14(7-3)8-4;;/h5-6H,1-2,7-13H2,3-4H3;2*1H. The van der Waals surface area contributed by atoms with Gasteiger partial charge in [0.25, 0.3) is 0 Å². The summed E-state index contributed by atoms with van der Waals surface area (Å²) < 4.78 is 0. The average Bonchev–Trinajstić information content (AvgIpc) is 2.25. The third kappa shape index (κ3) is 12.2. The van der Waals surface area contributed by atoms with Crippen LogP contribution in [0, 0.1) is 0 Å². The molecular formula is C13H28Cl2N2. The Bertz CT molecular complexity index is 161. The van der Waals surface area contributed by atoms with E-state index < -0.39 is 0 Å². The molecule has 0 aromatic rings. The summed E-state index contributed by atoms with van der Waals surface area (Å²) in [6.07, 6.45) is 5.14. The molecule has 0 aliphatic rings. The number of hydrogen-bond acceptors (Lipinski definition) is 2. The van der Waals surface area contributed by atoms with Crippen LogP contribution in [0.25, 0.3) is 0 Å². The average molecular weight is 283 g/mol. The molecule has 0 bridgehead atoms. The molecular weight excluding hydrogens is 255 g/mol. The zero-order valence-electron chi connectivity index (χ0n) is 11.2. The van der Waals surface area contributed by atoms with Gasteiger partial charge in [-0.3, -0.25) is 4.90 Å². The van der Waals surface area contributed by atoms with Crippen molar-refractivity contribution >= 4 is 24.8 Å². The van der Waals surface area contributed by atoms with Crippen LogP contribution in [0.4, 0.5) is 0 Å². The zero-order chi connectivity index (χ0) is 11.5. The largest absolute Gasteiger partial charge is 0.304 e. The van der Waals surface area contributed by atoms with Gasteiger partial charge >= 0.3 is 0 Å². The molecule has 0 saturated heterocycles. The third-order valence-corrected chi connectivity index (χ3v) is 2.62. The Kier molecular flexibility index (Phi) is 20.9. The Labute approximate surface area is 120 Å². The lowest BCUT2D eigenvalue weighted by atomic mass is 10.3. The van der Waals surface area contributed by atoms with Crippen molar-refractivity contribution in [1.29, 1.82) is 0 Å². The molecule has 4 heteroatoms. The molecule has 0 heterocycles. The quantitative estimate of drug-likeness (QED) is 0.568. The van der Waals surface area contributed by atoms with E-state index in [4.69, 9.17) is 0 Å². The molecule has 0 unspecified atom stereocenters. The predicted molar refractivity (Wildman–Crippen MR) is 83.7 cm³/mol. The maximum absolute atomic E-state index is 3.77. The molecule has 2 nitrogen and oxygen atoms in total. The van der Waals surface area contributed by atoms with Gasteiger partial charge in [0.1, 0.15) is 0 Å². The Morgan fingerprint density at radius 1 is 0.824 bits per heavy atom. The summed E-state index contributed by atoms with van der Waals surface area (Å²) in [5, 5.41) is 0. The van der Waals surface area contributed by atoms with Crippen LogP contribution in [0.2, 0.25) is 0 Å². The van der Waals surface area contributed by atoms with E-state index in [1.54, 1.807) is 0 Å². The van der Waals surface area contributed by atoms with E-state index in [0.717, 1.165) is 32.7 Å². The second-order valence-electron chi connectivity index (χ2n) is 3.72. The Morgan fingerprint density at radius 2 is 1.24 bits per heavy atom. The molecule has 0 rings (SSSR count). The first-order chi connectivity index (χ1) is 7.28. The van der Waals surface area contributed by atoms with E-state index in [-0.39, 0.29) is 24.8 Å². The van der Waals surface area contributed by atoms with Crippen molar-refractivity contribution < 1.29 is 0 Å². The van der Waals surface area contributed by atoms with Crippen LogP contribution in [-0.4, -0.2) is 49.1 Å².